The monoisotopic (exact) mass is 879 g/mol. The van der Waals surface area contributed by atoms with Crippen molar-refractivity contribution in [3.05, 3.63) is 108 Å². The van der Waals surface area contributed by atoms with Gasteiger partial charge in [-0.25, -0.2) is 4.79 Å². The van der Waals surface area contributed by atoms with E-state index in [0.29, 0.717) is 18.6 Å². The predicted octanol–water partition coefficient (Wildman–Crippen LogP) is 1.52. The van der Waals surface area contributed by atoms with Gasteiger partial charge >= 0.3 is 5.97 Å². The number of nitrogens with one attached hydrogen (secondary N) is 7. The molecule has 63 heavy (non-hydrogen) atoms. The number of amides is 6. The number of nitrogens with two attached hydrogens (primary N) is 1. The lowest BCUT2D eigenvalue weighted by Gasteiger charge is -2.29. The molecule has 0 saturated carbocycles. The van der Waals surface area contributed by atoms with Crippen molar-refractivity contribution in [2.45, 2.75) is 68.7 Å². The number of H-pyrrole nitrogens is 2. The van der Waals surface area contributed by atoms with Gasteiger partial charge in [-0.3, -0.25) is 28.8 Å². The molecule has 1 fully saturated rings. The van der Waals surface area contributed by atoms with E-state index in [2.05, 4.69) is 36.6 Å². The first kappa shape index (κ1) is 45.9. The van der Waals surface area contributed by atoms with E-state index in [1.54, 1.807) is 24.5 Å². The van der Waals surface area contributed by atoms with Gasteiger partial charge in [0.15, 0.2) is 0 Å². The summed E-state index contributed by atoms with van der Waals surface area (Å²) in [4.78, 5) is 101. The summed E-state index contributed by atoms with van der Waals surface area (Å²) in [6.45, 7) is -0.750. The number of thioether (sulfide) groups is 1. The highest BCUT2D eigenvalue weighted by atomic mass is 32.2. The largest absolute Gasteiger partial charge is 0.480 e. The van der Waals surface area contributed by atoms with Crippen LogP contribution in [0, 0.1) is 0 Å². The molecular weight excluding hydrogens is 827 g/mol. The molecule has 0 bridgehead atoms. The van der Waals surface area contributed by atoms with Crippen LogP contribution in [-0.4, -0.2) is 123 Å². The zero-order chi connectivity index (χ0) is 44.9. The summed E-state index contributed by atoms with van der Waals surface area (Å²) in [5.41, 5.74) is 10.3. The Balaban J connectivity index is 1.07. The first-order valence-electron chi connectivity index (χ1n) is 20.8. The molecule has 3 aromatic carbocycles. The van der Waals surface area contributed by atoms with Gasteiger partial charge in [0.25, 0.3) is 0 Å². The minimum atomic E-state index is -1.20. The van der Waals surface area contributed by atoms with Crippen LogP contribution in [-0.2, 0) is 52.8 Å². The molecule has 1 saturated heterocycles. The van der Waals surface area contributed by atoms with E-state index in [-0.39, 0.29) is 32.2 Å². The summed E-state index contributed by atoms with van der Waals surface area (Å²) in [5.74, 6) is -4.38. The zero-order valence-corrected chi connectivity index (χ0v) is 35.7. The Bertz CT molecular complexity index is 2420. The lowest BCUT2D eigenvalue weighted by molar-refractivity contribution is -0.142. The van der Waals surface area contributed by atoms with Crippen molar-refractivity contribution < 1.29 is 38.7 Å². The van der Waals surface area contributed by atoms with E-state index in [4.69, 9.17) is 5.73 Å². The van der Waals surface area contributed by atoms with Gasteiger partial charge in [0.1, 0.15) is 24.2 Å². The van der Waals surface area contributed by atoms with Gasteiger partial charge < -0.3 is 52.3 Å². The highest BCUT2D eigenvalue weighted by Gasteiger charge is 2.38. The Hall–Kier alpha value is -6.66. The number of hydrogen-bond acceptors (Lipinski definition) is 9. The molecule has 6 amide bonds. The van der Waals surface area contributed by atoms with Gasteiger partial charge in [0.2, 0.25) is 35.4 Å². The second-order valence-electron chi connectivity index (χ2n) is 15.5. The van der Waals surface area contributed by atoms with Crippen molar-refractivity contribution >= 4 is 75.0 Å². The van der Waals surface area contributed by atoms with Crippen molar-refractivity contribution in [2.75, 3.05) is 31.6 Å². The number of para-hydroxylation sites is 2. The number of benzene rings is 3. The number of carbonyl (C=O) groups excluding carboxylic acids is 6. The molecule has 1 aliphatic rings. The fourth-order valence-corrected chi connectivity index (χ4v) is 8.22. The Morgan fingerprint density at radius 3 is 1.95 bits per heavy atom. The van der Waals surface area contributed by atoms with Crippen molar-refractivity contribution in [1.82, 2.24) is 41.5 Å². The Labute approximate surface area is 368 Å². The number of likely N-dealkylation sites (tertiary alicyclic amines) is 1. The van der Waals surface area contributed by atoms with Crippen LogP contribution < -0.4 is 32.3 Å². The van der Waals surface area contributed by atoms with Gasteiger partial charge in [0.05, 0.1) is 19.1 Å². The average molecular weight is 880 g/mol. The van der Waals surface area contributed by atoms with E-state index in [1.807, 2.05) is 73.0 Å². The SMILES string of the molecule is CSCC[C@H](NC(=O)[C@H](Cc1c[nH]c2ccccc12)NC(=O)CNC(=O)[C@@H]1CCCN1C(=O)[C@H](Cc1ccccc1)NC(=O)CNC(=O)[C@@H](N)Cc1c[nH]c2ccccc12)C(=O)O. The zero-order valence-electron chi connectivity index (χ0n) is 34.9. The number of nitrogens with zero attached hydrogens (tertiary/aromatic N) is 1. The Kier molecular flexibility index (Phi) is 16.0. The topological polar surface area (TPSA) is 261 Å². The molecule has 0 unspecified atom stereocenters. The summed E-state index contributed by atoms with van der Waals surface area (Å²) in [5, 5.41) is 24.7. The molecule has 6 rings (SSSR count). The number of aliphatic carboxylic acids is 1. The Morgan fingerprint density at radius 1 is 0.730 bits per heavy atom. The van der Waals surface area contributed by atoms with Crippen LogP contribution in [0.25, 0.3) is 21.8 Å². The number of fused-ring (bicyclic) bond motifs is 2. The molecule has 0 spiro atoms. The van der Waals surface area contributed by atoms with Crippen molar-refractivity contribution in [2.24, 2.45) is 5.73 Å². The highest BCUT2D eigenvalue weighted by Crippen LogP contribution is 2.22. The second-order valence-corrected chi connectivity index (χ2v) is 16.5. The van der Waals surface area contributed by atoms with E-state index in [9.17, 15) is 38.7 Å². The predicted molar refractivity (Wildman–Crippen MR) is 239 cm³/mol. The quantitative estimate of drug-likeness (QED) is 0.0514. The molecule has 332 valence electrons. The number of carboxylic acid groups (broad SMARTS) is 1. The second kappa shape index (κ2) is 21.9. The third-order valence-corrected chi connectivity index (χ3v) is 11.7. The smallest absolute Gasteiger partial charge is 0.326 e. The number of carbonyl (C=O) groups is 7. The molecule has 0 radical (unpaired) electrons. The van der Waals surface area contributed by atoms with Gasteiger partial charge in [0, 0.05) is 53.6 Å². The van der Waals surface area contributed by atoms with E-state index in [1.165, 1.54) is 16.7 Å². The maximum atomic E-state index is 14.2. The summed E-state index contributed by atoms with van der Waals surface area (Å²) in [7, 11) is 0. The number of aromatic amines is 2. The highest BCUT2D eigenvalue weighted by molar-refractivity contribution is 7.98. The van der Waals surface area contributed by atoms with Crippen LogP contribution in [0.5, 0.6) is 0 Å². The van der Waals surface area contributed by atoms with Crippen LogP contribution in [0.3, 0.4) is 0 Å². The van der Waals surface area contributed by atoms with E-state index < -0.39 is 84.7 Å². The first-order valence-corrected chi connectivity index (χ1v) is 22.2. The summed E-state index contributed by atoms with van der Waals surface area (Å²) >= 11 is 1.44. The third-order valence-electron chi connectivity index (χ3n) is 11.0. The molecule has 3 heterocycles. The van der Waals surface area contributed by atoms with E-state index >= 15 is 0 Å². The average Bonchev–Trinajstić information content (AvgIpc) is 4.05. The molecule has 18 heteroatoms. The molecule has 2 aromatic heterocycles. The van der Waals surface area contributed by atoms with Crippen LogP contribution in [0.15, 0.2) is 91.3 Å². The summed E-state index contributed by atoms with van der Waals surface area (Å²) in [6, 6.07) is 18.7. The molecule has 1 aliphatic heterocycles. The van der Waals surface area contributed by atoms with Crippen LogP contribution in [0.4, 0.5) is 0 Å². The molecule has 5 aromatic rings. The molecule has 10 N–H and O–H groups in total. The van der Waals surface area contributed by atoms with Crippen LogP contribution >= 0.6 is 11.8 Å². The number of carboxylic acids is 1. The number of rotatable bonds is 21. The standard InChI is InChI=1S/C45H53N9O8S/c1-63-19-17-35(45(61)62)53-42(58)36(22-29-24-48-34-15-8-6-13-31(29)34)51-39(55)26-50-43(59)38-16-9-18-54(38)44(60)37(20-27-10-3-2-4-11-27)52-40(56)25-49-41(57)32(46)21-28-23-47-33-14-7-5-12-30(28)33/h2-8,10-15,23-24,32,35-38,47-48H,9,16-22,25-26,46H2,1H3,(H,49,57)(H,50,59)(H,51,55)(H,52,56)(H,53,58)(H,61,62)/t32-,35-,36-,37-,38-/m0/s1. The van der Waals surface area contributed by atoms with Crippen LogP contribution in [0.1, 0.15) is 36.0 Å². The first-order chi connectivity index (χ1) is 30.4. The van der Waals surface area contributed by atoms with Crippen molar-refractivity contribution in [3.8, 4) is 0 Å². The van der Waals surface area contributed by atoms with Gasteiger partial charge in [-0.15, -0.1) is 0 Å². The lowest BCUT2D eigenvalue weighted by atomic mass is 10.0. The minimum absolute atomic E-state index is 0.0331. The van der Waals surface area contributed by atoms with Gasteiger partial charge in [-0.05, 0) is 66.5 Å². The fraction of sp³-hybridized carbons (Fsp3) is 0.356. The molecule has 0 aliphatic carbocycles. The number of aromatic nitrogens is 2. The van der Waals surface area contributed by atoms with Crippen LogP contribution in [0.2, 0.25) is 0 Å². The number of hydrogen-bond donors (Lipinski definition) is 9. The third kappa shape index (κ3) is 12.3. The van der Waals surface area contributed by atoms with Crippen molar-refractivity contribution in [1.29, 1.82) is 0 Å². The maximum Gasteiger partial charge on any atom is 0.326 e. The van der Waals surface area contributed by atoms with Crippen molar-refractivity contribution in [3.63, 3.8) is 0 Å². The van der Waals surface area contributed by atoms with Gasteiger partial charge in [-0.1, -0.05) is 66.7 Å². The van der Waals surface area contributed by atoms with E-state index in [0.717, 1.165) is 38.5 Å². The molecule has 5 atom stereocenters. The summed E-state index contributed by atoms with van der Waals surface area (Å²) < 4.78 is 0. The molecule has 17 nitrogen and oxygen atoms in total. The molecular formula is C45H53N9O8S. The fourth-order valence-electron chi connectivity index (χ4n) is 7.75. The minimum Gasteiger partial charge on any atom is -0.480 e. The normalized spacial score (nSPS) is 15.5. The summed E-state index contributed by atoms with van der Waals surface area (Å²) in [6.07, 6.45) is 6.68. The maximum absolute atomic E-state index is 14.2. The van der Waals surface area contributed by atoms with Gasteiger partial charge in [-0.2, -0.15) is 11.8 Å². The Morgan fingerprint density at radius 2 is 1.32 bits per heavy atom. The lowest BCUT2D eigenvalue weighted by Crippen LogP contribution is -2.57.